The van der Waals surface area contributed by atoms with Crippen LogP contribution in [0.5, 0.6) is 0 Å². The zero-order valence-corrected chi connectivity index (χ0v) is 28.4. The molecule has 3 amide bonds. The second-order valence-corrected chi connectivity index (χ2v) is 13.3. The van der Waals surface area contributed by atoms with Gasteiger partial charge in [0.05, 0.1) is 0 Å². The van der Waals surface area contributed by atoms with Crippen LogP contribution >= 0.6 is 0 Å². The molecule has 0 unspecified atom stereocenters. The van der Waals surface area contributed by atoms with Crippen LogP contribution < -0.4 is 16.0 Å². The van der Waals surface area contributed by atoms with Crippen molar-refractivity contribution in [2.24, 2.45) is 5.92 Å². The van der Waals surface area contributed by atoms with E-state index in [9.17, 15) is 19.2 Å². The highest BCUT2D eigenvalue weighted by atomic mass is 16.6. The number of amides is 3. The molecule has 1 aliphatic rings. The summed E-state index contributed by atoms with van der Waals surface area (Å²) in [5.74, 6) is -1.51. The Balaban J connectivity index is 1.29. The summed E-state index contributed by atoms with van der Waals surface area (Å²) in [6.45, 7) is 9.49. The standard InChI is InChI=1S/C38H47N3O7/c1-25(2)33(41-37(45)47-24-31-29-19-11-9-17-27(29)28-18-10-12-20-30(28)31)34(42)40-32(35(43)48-38(3,4)5)21-13-14-22-39-36(44)46-23-26-15-7-6-8-16-26/h6-12,15-20,25,31-33H,13-14,21-24H2,1-5H3,(H,39,44)(H,40,42)(H,41,45)/t32-,33-/m0/s1. The lowest BCUT2D eigenvalue weighted by molar-refractivity contribution is -0.159. The van der Waals surface area contributed by atoms with Crippen LogP contribution in [0.2, 0.25) is 0 Å². The molecule has 3 aromatic rings. The number of esters is 1. The van der Waals surface area contributed by atoms with Crippen molar-refractivity contribution in [3.8, 4) is 11.1 Å². The van der Waals surface area contributed by atoms with Gasteiger partial charge in [0.2, 0.25) is 5.91 Å². The minimum Gasteiger partial charge on any atom is -0.458 e. The minimum absolute atomic E-state index is 0.112. The van der Waals surface area contributed by atoms with E-state index >= 15 is 0 Å². The lowest BCUT2D eigenvalue weighted by Gasteiger charge is -2.27. The molecule has 3 N–H and O–H groups in total. The lowest BCUT2D eigenvalue weighted by Crippen LogP contribution is -2.54. The fourth-order valence-electron chi connectivity index (χ4n) is 5.62. The van der Waals surface area contributed by atoms with Crippen LogP contribution in [0.25, 0.3) is 11.1 Å². The van der Waals surface area contributed by atoms with Crippen molar-refractivity contribution < 1.29 is 33.4 Å². The third kappa shape index (κ3) is 10.3. The third-order valence-corrected chi connectivity index (χ3v) is 7.98. The Bertz CT molecular complexity index is 1510. The fourth-order valence-corrected chi connectivity index (χ4v) is 5.62. The first-order chi connectivity index (χ1) is 22.9. The molecule has 0 aromatic heterocycles. The van der Waals surface area contributed by atoms with Gasteiger partial charge in [0.25, 0.3) is 0 Å². The molecule has 0 saturated carbocycles. The van der Waals surface area contributed by atoms with Crippen LogP contribution in [0, 0.1) is 5.92 Å². The summed E-state index contributed by atoms with van der Waals surface area (Å²) in [6, 6.07) is 23.6. The Labute approximate surface area is 282 Å². The second kappa shape index (κ2) is 16.8. The normalized spacial score (nSPS) is 13.5. The molecule has 10 nitrogen and oxygen atoms in total. The van der Waals surface area contributed by atoms with Gasteiger partial charge in [-0.2, -0.15) is 0 Å². The molecule has 3 aromatic carbocycles. The first-order valence-electron chi connectivity index (χ1n) is 16.5. The number of unbranched alkanes of at least 4 members (excludes halogenated alkanes) is 1. The van der Waals surface area contributed by atoms with Gasteiger partial charge in [-0.3, -0.25) is 4.79 Å². The smallest absolute Gasteiger partial charge is 0.407 e. The Morgan fingerprint density at radius 3 is 1.96 bits per heavy atom. The molecule has 0 bridgehead atoms. The molecular weight excluding hydrogens is 610 g/mol. The van der Waals surface area contributed by atoms with E-state index in [0.29, 0.717) is 19.4 Å². The highest BCUT2D eigenvalue weighted by Crippen LogP contribution is 2.44. The topological polar surface area (TPSA) is 132 Å². The Kier molecular flexibility index (Phi) is 12.6. The molecule has 0 spiro atoms. The monoisotopic (exact) mass is 657 g/mol. The van der Waals surface area contributed by atoms with E-state index in [4.69, 9.17) is 14.2 Å². The summed E-state index contributed by atoms with van der Waals surface area (Å²) in [7, 11) is 0. The van der Waals surface area contributed by atoms with Crippen LogP contribution in [-0.2, 0) is 30.4 Å². The van der Waals surface area contributed by atoms with Crippen LogP contribution in [0.3, 0.4) is 0 Å². The van der Waals surface area contributed by atoms with Gasteiger partial charge < -0.3 is 30.2 Å². The van der Waals surface area contributed by atoms with Gasteiger partial charge in [0.15, 0.2) is 0 Å². The molecule has 256 valence electrons. The molecule has 0 fully saturated rings. The second-order valence-electron chi connectivity index (χ2n) is 13.3. The van der Waals surface area contributed by atoms with E-state index in [1.165, 1.54) is 0 Å². The van der Waals surface area contributed by atoms with Gasteiger partial charge in [0, 0.05) is 12.5 Å². The van der Waals surface area contributed by atoms with Crippen LogP contribution in [0.15, 0.2) is 78.9 Å². The first kappa shape index (κ1) is 36.0. The quantitative estimate of drug-likeness (QED) is 0.103. The zero-order valence-electron chi connectivity index (χ0n) is 28.4. The highest BCUT2D eigenvalue weighted by molar-refractivity contribution is 5.90. The Morgan fingerprint density at radius 1 is 0.750 bits per heavy atom. The molecule has 2 atom stereocenters. The molecular formula is C38H47N3O7. The van der Waals surface area contributed by atoms with Crippen molar-refractivity contribution in [1.29, 1.82) is 0 Å². The predicted molar refractivity (Wildman–Crippen MR) is 183 cm³/mol. The summed E-state index contributed by atoms with van der Waals surface area (Å²) in [4.78, 5) is 51.7. The summed E-state index contributed by atoms with van der Waals surface area (Å²) in [5, 5.41) is 8.21. The molecule has 10 heteroatoms. The number of ether oxygens (including phenoxy) is 3. The average molecular weight is 658 g/mol. The highest BCUT2D eigenvalue weighted by Gasteiger charge is 2.33. The Hall–Kier alpha value is -4.86. The molecule has 1 aliphatic carbocycles. The summed E-state index contributed by atoms with van der Waals surface area (Å²) < 4.78 is 16.5. The van der Waals surface area contributed by atoms with E-state index in [1.54, 1.807) is 34.6 Å². The van der Waals surface area contributed by atoms with Crippen LogP contribution in [0.1, 0.15) is 76.5 Å². The largest absolute Gasteiger partial charge is 0.458 e. The SMILES string of the molecule is CC(C)[C@H](NC(=O)OCC1c2ccccc2-c2ccccc21)C(=O)N[C@@H](CCCCNC(=O)OCc1ccccc1)C(=O)OC(C)(C)C. The van der Waals surface area contributed by atoms with Gasteiger partial charge in [-0.05, 0) is 73.8 Å². The van der Waals surface area contributed by atoms with Crippen molar-refractivity contribution in [2.75, 3.05) is 13.2 Å². The van der Waals surface area contributed by atoms with Gasteiger partial charge >= 0.3 is 18.2 Å². The summed E-state index contributed by atoms with van der Waals surface area (Å²) in [6.07, 6.45) is 0.0768. The van der Waals surface area contributed by atoms with Crippen molar-refractivity contribution in [1.82, 2.24) is 16.0 Å². The first-order valence-corrected chi connectivity index (χ1v) is 16.5. The molecule has 48 heavy (non-hydrogen) atoms. The summed E-state index contributed by atoms with van der Waals surface area (Å²) >= 11 is 0. The maximum Gasteiger partial charge on any atom is 0.407 e. The van der Waals surface area contributed by atoms with Gasteiger partial charge in [-0.1, -0.05) is 92.7 Å². The fraction of sp³-hybridized carbons (Fsp3) is 0.421. The number of alkyl carbamates (subject to hydrolysis) is 2. The lowest BCUT2D eigenvalue weighted by atomic mass is 9.98. The average Bonchev–Trinajstić information content (AvgIpc) is 3.37. The molecule has 0 heterocycles. The van der Waals surface area contributed by atoms with E-state index in [0.717, 1.165) is 27.8 Å². The van der Waals surface area contributed by atoms with E-state index in [2.05, 4.69) is 28.1 Å². The maximum absolute atomic E-state index is 13.5. The van der Waals surface area contributed by atoms with Gasteiger partial charge in [-0.25, -0.2) is 14.4 Å². The van der Waals surface area contributed by atoms with Crippen LogP contribution in [-0.4, -0.2) is 54.9 Å². The number of rotatable bonds is 14. The Morgan fingerprint density at radius 2 is 1.35 bits per heavy atom. The van der Waals surface area contributed by atoms with E-state index < -0.39 is 41.7 Å². The van der Waals surface area contributed by atoms with Crippen molar-refractivity contribution in [2.45, 2.75) is 84.1 Å². The molecule has 0 aliphatic heterocycles. The van der Waals surface area contributed by atoms with Crippen LogP contribution in [0.4, 0.5) is 9.59 Å². The third-order valence-electron chi connectivity index (χ3n) is 7.98. The van der Waals surface area contributed by atoms with Crippen molar-refractivity contribution in [3.63, 3.8) is 0 Å². The molecule has 0 radical (unpaired) electrons. The maximum atomic E-state index is 13.5. The molecule has 4 rings (SSSR count). The summed E-state index contributed by atoms with van der Waals surface area (Å²) in [5.41, 5.74) is 4.54. The molecule has 0 saturated heterocycles. The van der Waals surface area contributed by atoms with E-state index in [-0.39, 0.29) is 31.5 Å². The number of fused-ring (bicyclic) bond motifs is 3. The number of carbonyl (C=O) groups is 4. The zero-order chi connectivity index (χ0) is 34.7. The number of carbonyl (C=O) groups excluding carboxylic acids is 4. The van der Waals surface area contributed by atoms with Crippen molar-refractivity contribution in [3.05, 3.63) is 95.6 Å². The number of hydrogen-bond acceptors (Lipinski definition) is 7. The predicted octanol–water partition coefficient (Wildman–Crippen LogP) is 6.47. The number of hydrogen-bond donors (Lipinski definition) is 3. The number of benzene rings is 3. The van der Waals surface area contributed by atoms with Gasteiger partial charge in [0.1, 0.15) is 30.9 Å². The van der Waals surface area contributed by atoms with E-state index in [1.807, 2.05) is 66.7 Å². The minimum atomic E-state index is -0.952. The number of nitrogens with one attached hydrogen (secondary N) is 3. The van der Waals surface area contributed by atoms with Gasteiger partial charge in [-0.15, -0.1) is 0 Å². The van der Waals surface area contributed by atoms with Crippen molar-refractivity contribution >= 4 is 24.1 Å².